The first-order chi connectivity index (χ1) is 9.63. The number of aliphatic hydroxyl groups is 1. The minimum absolute atomic E-state index is 0.0553. The molecule has 0 unspecified atom stereocenters. The summed E-state index contributed by atoms with van der Waals surface area (Å²) in [7, 11) is 0. The van der Waals surface area contributed by atoms with Gasteiger partial charge in [0.1, 0.15) is 6.07 Å². The molecule has 1 N–H and O–H groups in total. The Morgan fingerprint density at radius 1 is 1.40 bits per heavy atom. The van der Waals surface area contributed by atoms with Crippen molar-refractivity contribution in [1.82, 2.24) is 4.98 Å². The Morgan fingerprint density at radius 2 is 2.10 bits per heavy atom. The fraction of sp³-hybridized carbons (Fsp3) is 0.0769. The molecule has 0 saturated heterocycles. The van der Waals surface area contributed by atoms with Gasteiger partial charge in [-0.25, -0.2) is 4.98 Å². The van der Waals surface area contributed by atoms with Crippen LogP contribution in [-0.4, -0.2) is 15.0 Å². The average molecular weight is 287 g/mol. The van der Waals surface area contributed by atoms with Crippen LogP contribution in [0.4, 0.5) is 5.69 Å². The lowest BCUT2D eigenvalue weighted by Gasteiger charge is -2.03. The van der Waals surface area contributed by atoms with E-state index in [4.69, 9.17) is 10.4 Å². The van der Waals surface area contributed by atoms with Gasteiger partial charge in [-0.1, -0.05) is 23.9 Å². The van der Waals surface area contributed by atoms with Gasteiger partial charge in [-0.15, -0.1) is 0 Å². The quantitative estimate of drug-likeness (QED) is 0.685. The number of nitriles is 1. The largest absolute Gasteiger partial charge is 0.392 e. The van der Waals surface area contributed by atoms with E-state index in [0.29, 0.717) is 0 Å². The number of aromatic nitrogens is 1. The lowest BCUT2D eigenvalue weighted by Crippen LogP contribution is -1.94. The van der Waals surface area contributed by atoms with Gasteiger partial charge in [-0.2, -0.15) is 5.26 Å². The molecule has 0 aliphatic heterocycles. The van der Waals surface area contributed by atoms with Crippen molar-refractivity contribution < 1.29 is 10.0 Å². The summed E-state index contributed by atoms with van der Waals surface area (Å²) < 4.78 is 0. The van der Waals surface area contributed by atoms with Gasteiger partial charge in [0.2, 0.25) is 0 Å². The number of hydrogen-bond donors (Lipinski definition) is 1. The van der Waals surface area contributed by atoms with E-state index in [-0.39, 0.29) is 22.9 Å². The van der Waals surface area contributed by atoms with Gasteiger partial charge in [0.05, 0.1) is 17.1 Å². The lowest BCUT2D eigenvalue weighted by molar-refractivity contribution is -0.388. The van der Waals surface area contributed by atoms with Crippen molar-refractivity contribution >= 4 is 17.4 Å². The second kappa shape index (κ2) is 6.14. The van der Waals surface area contributed by atoms with Crippen molar-refractivity contribution in [2.24, 2.45) is 0 Å². The third-order valence-electron chi connectivity index (χ3n) is 2.48. The smallest absolute Gasteiger partial charge is 0.303 e. The summed E-state index contributed by atoms with van der Waals surface area (Å²) in [5, 5.41) is 28.9. The van der Waals surface area contributed by atoms with E-state index in [0.717, 1.165) is 22.2 Å². The number of nitrogens with zero attached hydrogens (tertiary/aromatic N) is 3. The molecule has 1 aromatic heterocycles. The van der Waals surface area contributed by atoms with Crippen LogP contribution in [0.25, 0.3) is 0 Å². The molecule has 100 valence electrons. The van der Waals surface area contributed by atoms with Crippen molar-refractivity contribution in [1.29, 1.82) is 5.26 Å². The second-order valence-electron chi connectivity index (χ2n) is 3.82. The van der Waals surface area contributed by atoms with Crippen LogP contribution in [0.15, 0.2) is 46.5 Å². The summed E-state index contributed by atoms with van der Waals surface area (Å²) in [5.41, 5.74) is 0.716. The van der Waals surface area contributed by atoms with Gasteiger partial charge in [0.15, 0.2) is 5.03 Å². The molecule has 0 aliphatic rings. The average Bonchev–Trinajstić information content (AvgIpc) is 2.48. The molecule has 0 radical (unpaired) electrons. The minimum atomic E-state index is -0.557. The summed E-state index contributed by atoms with van der Waals surface area (Å²) in [5.74, 6) is 0. The molecule has 1 aromatic carbocycles. The number of aliphatic hydroxyl groups excluding tert-OH is 1. The summed E-state index contributed by atoms with van der Waals surface area (Å²) in [6.45, 7) is -0.0553. The van der Waals surface area contributed by atoms with Crippen molar-refractivity contribution in [2.75, 3.05) is 0 Å². The fourth-order valence-electron chi connectivity index (χ4n) is 1.49. The van der Waals surface area contributed by atoms with Crippen LogP contribution in [0.2, 0.25) is 0 Å². The SMILES string of the molecule is N#Cc1cnc(Sc2ccc(CO)cc2)c([N+](=O)[O-])c1. The highest BCUT2D eigenvalue weighted by molar-refractivity contribution is 7.99. The predicted octanol–water partition coefficient (Wildman–Crippen LogP) is 2.50. The highest BCUT2D eigenvalue weighted by Crippen LogP contribution is 2.33. The molecular formula is C13H9N3O3S. The molecule has 0 saturated carbocycles. The fourth-order valence-corrected chi connectivity index (χ4v) is 2.32. The van der Waals surface area contributed by atoms with Gasteiger partial charge in [0, 0.05) is 17.2 Å². The highest BCUT2D eigenvalue weighted by Gasteiger charge is 2.17. The molecule has 20 heavy (non-hydrogen) atoms. The first-order valence-electron chi connectivity index (χ1n) is 5.56. The summed E-state index contributed by atoms with van der Waals surface area (Å²) in [6, 6.07) is 10.00. The molecule has 0 aliphatic carbocycles. The van der Waals surface area contributed by atoms with E-state index in [1.165, 1.54) is 12.3 Å². The predicted molar refractivity (Wildman–Crippen MR) is 72.1 cm³/mol. The maximum atomic E-state index is 11.0. The van der Waals surface area contributed by atoms with Crippen LogP contribution in [-0.2, 0) is 6.61 Å². The molecule has 2 rings (SSSR count). The van der Waals surface area contributed by atoms with Crippen molar-refractivity contribution in [2.45, 2.75) is 16.5 Å². The van der Waals surface area contributed by atoms with Gasteiger partial charge in [-0.05, 0) is 17.7 Å². The van der Waals surface area contributed by atoms with E-state index in [1.54, 1.807) is 24.3 Å². The lowest BCUT2D eigenvalue weighted by atomic mass is 10.2. The monoisotopic (exact) mass is 287 g/mol. The van der Waals surface area contributed by atoms with E-state index >= 15 is 0 Å². The minimum Gasteiger partial charge on any atom is -0.392 e. The molecule has 0 fully saturated rings. The molecule has 1 heterocycles. The maximum Gasteiger partial charge on any atom is 0.303 e. The highest BCUT2D eigenvalue weighted by atomic mass is 32.2. The second-order valence-corrected chi connectivity index (χ2v) is 4.88. The molecule has 7 heteroatoms. The van der Waals surface area contributed by atoms with Crippen LogP contribution in [0.5, 0.6) is 0 Å². The van der Waals surface area contributed by atoms with E-state index in [2.05, 4.69) is 4.98 Å². The Hall–Kier alpha value is -2.43. The first-order valence-corrected chi connectivity index (χ1v) is 6.38. The molecule has 0 amide bonds. The molecule has 0 atom stereocenters. The zero-order valence-corrected chi connectivity index (χ0v) is 11.0. The van der Waals surface area contributed by atoms with Crippen LogP contribution in [0.3, 0.4) is 0 Å². The Bertz CT molecular complexity index is 680. The molecule has 6 nitrogen and oxygen atoms in total. The Labute approximate surface area is 118 Å². The van der Waals surface area contributed by atoms with Gasteiger partial charge in [-0.3, -0.25) is 10.1 Å². The molecule has 0 bridgehead atoms. The third kappa shape index (κ3) is 3.12. The summed E-state index contributed by atoms with van der Waals surface area (Å²) in [6.07, 6.45) is 1.30. The number of hydrogen-bond acceptors (Lipinski definition) is 6. The number of pyridine rings is 1. The molecule has 0 spiro atoms. The maximum absolute atomic E-state index is 11.0. The number of rotatable bonds is 4. The normalized spacial score (nSPS) is 10.0. The van der Waals surface area contributed by atoms with Gasteiger partial charge >= 0.3 is 5.69 Å². The summed E-state index contributed by atoms with van der Waals surface area (Å²) in [4.78, 5) is 15.2. The zero-order chi connectivity index (χ0) is 14.5. The van der Waals surface area contributed by atoms with Crippen LogP contribution >= 0.6 is 11.8 Å². The van der Waals surface area contributed by atoms with Crippen LogP contribution in [0, 0.1) is 21.4 Å². The van der Waals surface area contributed by atoms with Gasteiger partial charge < -0.3 is 5.11 Å². The van der Waals surface area contributed by atoms with Crippen molar-refractivity contribution in [3.8, 4) is 6.07 Å². The standard InChI is InChI=1S/C13H9N3O3S/c14-6-10-5-12(16(18)19)13(15-7-10)20-11-3-1-9(8-17)2-4-11/h1-5,7,17H,8H2. The van der Waals surface area contributed by atoms with E-state index in [9.17, 15) is 10.1 Å². The van der Waals surface area contributed by atoms with Crippen LogP contribution < -0.4 is 0 Å². The Balaban J connectivity index is 2.32. The first kappa shape index (κ1) is 14.0. The van der Waals surface area contributed by atoms with Crippen LogP contribution in [0.1, 0.15) is 11.1 Å². The Morgan fingerprint density at radius 3 is 2.65 bits per heavy atom. The summed E-state index contributed by atoms with van der Waals surface area (Å²) >= 11 is 1.14. The number of nitro groups is 1. The Kier molecular flexibility index (Phi) is 4.30. The van der Waals surface area contributed by atoms with Crippen molar-refractivity contribution in [3.05, 3.63) is 57.8 Å². The van der Waals surface area contributed by atoms with E-state index in [1.807, 2.05) is 6.07 Å². The van der Waals surface area contributed by atoms with Crippen molar-refractivity contribution in [3.63, 3.8) is 0 Å². The number of benzene rings is 1. The zero-order valence-electron chi connectivity index (χ0n) is 10.2. The molecular weight excluding hydrogens is 278 g/mol. The molecule has 2 aromatic rings. The third-order valence-corrected chi connectivity index (χ3v) is 3.49. The topological polar surface area (TPSA) is 100 Å². The van der Waals surface area contributed by atoms with E-state index < -0.39 is 4.92 Å². The van der Waals surface area contributed by atoms with Gasteiger partial charge in [0.25, 0.3) is 0 Å².